The highest BCUT2D eigenvalue weighted by atomic mass is 16.5. The molecule has 3 heterocycles. The van der Waals surface area contributed by atoms with Gasteiger partial charge < -0.3 is 15.4 Å². The first kappa shape index (κ1) is 21.1. The molecule has 0 spiro atoms. The lowest BCUT2D eigenvalue weighted by atomic mass is 10.1. The van der Waals surface area contributed by atoms with Gasteiger partial charge in [0.2, 0.25) is 11.9 Å². The lowest BCUT2D eigenvalue weighted by Crippen LogP contribution is -2.05. The van der Waals surface area contributed by atoms with Crippen molar-refractivity contribution in [2.45, 2.75) is 6.92 Å². The fraction of sp³-hybridized carbons (Fsp3) is 0.0769. The predicted octanol–water partition coefficient (Wildman–Crippen LogP) is 5.17. The number of hydrogen-bond donors (Lipinski definition) is 2. The van der Waals surface area contributed by atoms with Crippen LogP contribution < -0.4 is 15.4 Å². The van der Waals surface area contributed by atoms with E-state index in [0.29, 0.717) is 5.95 Å². The summed E-state index contributed by atoms with van der Waals surface area (Å²) in [5.41, 5.74) is 5.98. The Morgan fingerprint density at radius 1 is 0.882 bits per heavy atom. The summed E-state index contributed by atoms with van der Waals surface area (Å²) < 4.78 is 7.06. The number of benzene rings is 2. The molecule has 2 aromatic carbocycles. The first-order valence-electron chi connectivity index (χ1n) is 10.7. The van der Waals surface area contributed by atoms with Gasteiger partial charge in [-0.1, -0.05) is 18.2 Å². The molecule has 8 nitrogen and oxygen atoms in total. The Kier molecular flexibility index (Phi) is 5.61. The molecule has 8 heteroatoms. The van der Waals surface area contributed by atoms with Crippen LogP contribution in [-0.4, -0.2) is 32.6 Å². The Labute approximate surface area is 196 Å². The Morgan fingerprint density at radius 3 is 2.29 bits per heavy atom. The largest absolute Gasteiger partial charge is 0.497 e. The van der Waals surface area contributed by atoms with E-state index in [4.69, 9.17) is 4.74 Å². The third kappa shape index (κ3) is 4.42. The van der Waals surface area contributed by atoms with Crippen LogP contribution in [0, 0.1) is 0 Å². The Hall–Kier alpha value is -4.72. The summed E-state index contributed by atoms with van der Waals surface area (Å²) in [5.74, 6) is 1.18. The van der Waals surface area contributed by atoms with Gasteiger partial charge in [0.15, 0.2) is 5.65 Å². The smallest absolute Gasteiger partial charge is 0.247 e. The Bertz CT molecular complexity index is 1440. The highest BCUT2D eigenvalue weighted by molar-refractivity contribution is 5.88. The maximum atomic E-state index is 11.2. The van der Waals surface area contributed by atoms with Crippen LogP contribution in [0.1, 0.15) is 6.92 Å². The van der Waals surface area contributed by atoms with Crippen LogP contribution in [0.15, 0.2) is 85.1 Å². The van der Waals surface area contributed by atoms with E-state index in [9.17, 15) is 4.79 Å². The van der Waals surface area contributed by atoms with Gasteiger partial charge in [-0.05, 0) is 60.7 Å². The molecule has 0 aliphatic heterocycles. The first-order chi connectivity index (χ1) is 16.6. The molecule has 0 aliphatic carbocycles. The number of rotatable bonds is 6. The van der Waals surface area contributed by atoms with Crippen LogP contribution in [-0.2, 0) is 4.79 Å². The molecular weight excluding hydrogens is 428 g/mol. The number of pyridine rings is 2. The standard InChI is InChI=1S/C26H22N6O2/c1-17(33)28-20-10-6-18(7-11-20)23-15-12-21(16-27-23)29-26-30-25-5-3-4-24(32(25)31-26)19-8-13-22(34-2)14-9-19/h3-16H,1-2H3,(H,28,33)(H,29,31). The number of methoxy groups -OCH3 is 1. The minimum atomic E-state index is -0.0991. The first-order valence-corrected chi connectivity index (χ1v) is 10.7. The maximum absolute atomic E-state index is 11.2. The van der Waals surface area contributed by atoms with Gasteiger partial charge in [0.1, 0.15) is 5.75 Å². The molecule has 0 fully saturated rings. The van der Waals surface area contributed by atoms with Crippen molar-refractivity contribution >= 4 is 28.9 Å². The second kappa shape index (κ2) is 9.03. The van der Waals surface area contributed by atoms with Crippen molar-refractivity contribution in [2.24, 2.45) is 0 Å². The van der Waals surface area contributed by atoms with Crippen LogP contribution >= 0.6 is 0 Å². The second-order valence-corrected chi connectivity index (χ2v) is 7.66. The summed E-state index contributed by atoms with van der Waals surface area (Å²) in [5, 5.41) is 10.6. The minimum absolute atomic E-state index is 0.0991. The van der Waals surface area contributed by atoms with Crippen molar-refractivity contribution < 1.29 is 9.53 Å². The number of fused-ring (bicyclic) bond motifs is 1. The maximum Gasteiger partial charge on any atom is 0.247 e. The van der Waals surface area contributed by atoms with Crippen LogP contribution in [0.25, 0.3) is 28.2 Å². The van der Waals surface area contributed by atoms with Crippen molar-refractivity contribution in [2.75, 3.05) is 17.7 Å². The van der Waals surface area contributed by atoms with Crippen LogP contribution in [0.5, 0.6) is 5.75 Å². The van der Waals surface area contributed by atoms with Crippen molar-refractivity contribution in [3.8, 4) is 28.3 Å². The lowest BCUT2D eigenvalue weighted by molar-refractivity contribution is -0.114. The summed E-state index contributed by atoms with van der Waals surface area (Å²) in [4.78, 5) is 20.3. The topological polar surface area (TPSA) is 93.4 Å². The number of nitrogens with zero attached hydrogens (tertiary/aromatic N) is 4. The average molecular weight is 451 g/mol. The van der Waals surface area contributed by atoms with E-state index >= 15 is 0 Å². The Morgan fingerprint density at radius 2 is 1.62 bits per heavy atom. The van der Waals surface area contributed by atoms with E-state index in [1.54, 1.807) is 13.3 Å². The number of anilines is 3. The van der Waals surface area contributed by atoms with Crippen LogP contribution in [0.4, 0.5) is 17.3 Å². The zero-order valence-corrected chi connectivity index (χ0v) is 18.7. The van der Waals surface area contributed by atoms with E-state index in [-0.39, 0.29) is 5.91 Å². The van der Waals surface area contributed by atoms with Crippen molar-refractivity contribution in [1.29, 1.82) is 0 Å². The summed E-state index contributed by atoms with van der Waals surface area (Å²) in [6.07, 6.45) is 1.74. The highest BCUT2D eigenvalue weighted by Gasteiger charge is 2.10. The summed E-state index contributed by atoms with van der Waals surface area (Å²) in [6, 6.07) is 25.1. The van der Waals surface area contributed by atoms with Gasteiger partial charge >= 0.3 is 0 Å². The van der Waals surface area contributed by atoms with Crippen LogP contribution in [0.2, 0.25) is 0 Å². The molecule has 2 N–H and O–H groups in total. The van der Waals surface area contributed by atoms with Crippen molar-refractivity contribution in [3.05, 3.63) is 85.1 Å². The van der Waals surface area contributed by atoms with E-state index in [1.807, 2.05) is 83.4 Å². The molecule has 168 valence electrons. The van der Waals surface area contributed by atoms with Crippen LogP contribution in [0.3, 0.4) is 0 Å². The molecule has 0 aliphatic rings. The van der Waals surface area contributed by atoms with E-state index in [2.05, 4.69) is 25.7 Å². The molecule has 0 saturated heterocycles. The van der Waals surface area contributed by atoms with Gasteiger partial charge in [0.05, 0.1) is 30.4 Å². The minimum Gasteiger partial charge on any atom is -0.497 e. The Balaban J connectivity index is 1.35. The number of ether oxygens (including phenoxy) is 1. The predicted molar refractivity (Wildman–Crippen MR) is 132 cm³/mol. The number of carbonyl (C=O) groups excluding carboxylic acids is 1. The zero-order valence-electron chi connectivity index (χ0n) is 18.7. The quantitative estimate of drug-likeness (QED) is 0.371. The normalized spacial score (nSPS) is 10.8. The number of amides is 1. The van der Waals surface area contributed by atoms with Crippen molar-refractivity contribution in [1.82, 2.24) is 19.6 Å². The molecule has 0 unspecified atom stereocenters. The van der Waals surface area contributed by atoms with E-state index in [0.717, 1.165) is 45.3 Å². The summed E-state index contributed by atoms with van der Waals surface area (Å²) in [7, 11) is 1.65. The second-order valence-electron chi connectivity index (χ2n) is 7.66. The third-order valence-electron chi connectivity index (χ3n) is 5.27. The fourth-order valence-corrected chi connectivity index (χ4v) is 3.63. The van der Waals surface area contributed by atoms with E-state index < -0.39 is 0 Å². The fourth-order valence-electron chi connectivity index (χ4n) is 3.63. The lowest BCUT2D eigenvalue weighted by Gasteiger charge is -2.06. The van der Waals surface area contributed by atoms with Gasteiger partial charge in [-0.25, -0.2) is 4.52 Å². The summed E-state index contributed by atoms with van der Waals surface area (Å²) >= 11 is 0. The molecule has 1 amide bonds. The van der Waals surface area contributed by atoms with E-state index in [1.165, 1.54) is 6.92 Å². The molecule has 5 rings (SSSR count). The molecule has 0 bridgehead atoms. The van der Waals surface area contributed by atoms with Gasteiger partial charge in [-0.2, -0.15) is 4.98 Å². The van der Waals surface area contributed by atoms with Gasteiger partial charge in [-0.15, -0.1) is 5.10 Å². The molecule has 0 saturated carbocycles. The molecular formula is C26H22N6O2. The number of nitrogens with one attached hydrogen (secondary N) is 2. The SMILES string of the molecule is COc1ccc(-c2cccc3nc(Nc4ccc(-c5ccc(NC(C)=O)cc5)nc4)nn23)cc1. The van der Waals surface area contributed by atoms with Crippen molar-refractivity contribution in [3.63, 3.8) is 0 Å². The van der Waals surface area contributed by atoms with Gasteiger partial charge in [0.25, 0.3) is 0 Å². The monoisotopic (exact) mass is 450 g/mol. The summed E-state index contributed by atoms with van der Waals surface area (Å²) in [6.45, 7) is 1.49. The number of carbonyl (C=O) groups is 1. The molecule has 5 aromatic rings. The third-order valence-corrected chi connectivity index (χ3v) is 5.27. The molecule has 0 radical (unpaired) electrons. The van der Waals surface area contributed by atoms with Gasteiger partial charge in [0, 0.05) is 23.7 Å². The molecule has 34 heavy (non-hydrogen) atoms. The number of aromatic nitrogens is 4. The average Bonchev–Trinajstić information content (AvgIpc) is 3.27. The molecule has 3 aromatic heterocycles. The number of hydrogen-bond acceptors (Lipinski definition) is 6. The highest BCUT2D eigenvalue weighted by Crippen LogP contribution is 2.25. The molecule has 0 atom stereocenters. The van der Waals surface area contributed by atoms with Gasteiger partial charge in [-0.3, -0.25) is 9.78 Å². The zero-order chi connectivity index (χ0) is 23.5.